The Morgan fingerprint density at radius 1 is 1.53 bits per heavy atom. The number of methoxy groups -OCH3 is 1. The average molecular weight is 213 g/mol. The Kier molecular flexibility index (Phi) is 3.39. The second-order valence-electron chi connectivity index (χ2n) is 3.13. The Labute approximate surface area is 86.5 Å². The van der Waals surface area contributed by atoms with Crippen molar-refractivity contribution in [2.75, 3.05) is 13.7 Å². The van der Waals surface area contributed by atoms with E-state index in [9.17, 15) is 9.18 Å². The van der Waals surface area contributed by atoms with Crippen LogP contribution in [0.5, 0.6) is 0 Å². The lowest BCUT2D eigenvalue weighted by Crippen LogP contribution is -2.48. The van der Waals surface area contributed by atoms with Crippen molar-refractivity contribution in [1.29, 1.82) is 0 Å². The summed E-state index contributed by atoms with van der Waals surface area (Å²) in [4.78, 5) is 11.3. The molecule has 0 bridgehead atoms. The van der Waals surface area contributed by atoms with Gasteiger partial charge in [-0.2, -0.15) is 0 Å². The Morgan fingerprint density at radius 2 is 2.07 bits per heavy atom. The molecule has 0 saturated carbocycles. The first-order valence-corrected chi connectivity index (χ1v) is 4.29. The third-order valence-corrected chi connectivity index (χ3v) is 2.16. The van der Waals surface area contributed by atoms with Crippen LogP contribution >= 0.6 is 0 Å². The zero-order chi connectivity index (χ0) is 11.5. The highest BCUT2D eigenvalue weighted by atomic mass is 19.1. The zero-order valence-electron chi connectivity index (χ0n) is 8.24. The van der Waals surface area contributed by atoms with Crippen LogP contribution in [0.25, 0.3) is 0 Å². The summed E-state index contributed by atoms with van der Waals surface area (Å²) in [6.07, 6.45) is 0. The van der Waals surface area contributed by atoms with Gasteiger partial charge in [-0.3, -0.25) is 0 Å². The van der Waals surface area contributed by atoms with E-state index in [4.69, 9.17) is 10.8 Å². The molecule has 1 unspecified atom stereocenters. The Bertz CT molecular complexity index is 352. The van der Waals surface area contributed by atoms with E-state index in [-0.39, 0.29) is 0 Å². The lowest BCUT2D eigenvalue weighted by atomic mass is 9.92. The van der Waals surface area contributed by atoms with Crippen LogP contribution in [0.4, 0.5) is 4.39 Å². The minimum Gasteiger partial charge on any atom is -0.467 e. The smallest absolute Gasteiger partial charge is 0.332 e. The summed E-state index contributed by atoms with van der Waals surface area (Å²) in [6.45, 7) is -0.606. The zero-order valence-corrected chi connectivity index (χ0v) is 8.24. The summed E-state index contributed by atoms with van der Waals surface area (Å²) < 4.78 is 17.1. The van der Waals surface area contributed by atoms with Gasteiger partial charge in [0, 0.05) is 0 Å². The molecule has 0 spiro atoms. The number of aliphatic hydroxyl groups is 1. The van der Waals surface area contributed by atoms with Crippen molar-refractivity contribution < 1.29 is 19.0 Å². The van der Waals surface area contributed by atoms with Crippen molar-refractivity contribution in [2.24, 2.45) is 5.73 Å². The summed E-state index contributed by atoms with van der Waals surface area (Å²) in [7, 11) is 1.17. The Morgan fingerprint density at radius 3 is 2.47 bits per heavy atom. The molecule has 3 N–H and O–H groups in total. The number of hydrogen-bond acceptors (Lipinski definition) is 4. The number of hydrogen-bond donors (Lipinski definition) is 2. The first kappa shape index (κ1) is 11.6. The van der Waals surface area contributed by atoms with E-state index >= 15 is 0 Å². The van der Waals surface area contributed by atoms with Gasteiger partial charge in [-0.25, -0.2) is 9.18 Å². The quantitative estimate of drug-likeness (QED) is 0.701. The van der Waals surface area contributed by atoms with E-state index in [0.29, 0.717) is 5.56 Å². The monoisotopic (exact) mass is 213 g/mol. The summed E-state index contributed by atoms with van der Waals surface area (Å²) in [5, 5.41) is 9.09. The van der Waals surface area contributed by atoms with Crippen LogP contribution in [0.2, 0.25) is 0 Å². The highest BCUT2D eigenvalue weighted by molar-refractivity contribution is 5.82. The van der Waals surface area contributed by atoms with E-state index in [2.05, 4.69) is 4.74 Å². The summed E-state index contributed by atoms with van der Waals surface area (Å²) in [6, 6.07) is 5.00. The van der Waals surface area contributed by atoms with E-state index in [0.717, 1.165) is 12.1 Å². The number of rotatable bonds is 3. The number of halogens is 1. The molecule has 0 radical (unpaired) electrons. The Hall–Kier alpha value is -1.46. The van der Waals surface area contributed by atoms with Gasteiger partial charge in [0.25, 0.3) is 0 Å². The molecule has 0 aliphatic carbocycles. The lowest BCUT2D eigenvalue weighted by molar-refractivity contribution is -0.149. The predicted molar refractivity (Wildman–Crippen MR) is 51.4 cm³/mol. The standard InChI is InChI=1S/C10H12FNO3/c1-15-9(14)10(12,6-13)7-2-4-8(11)5-3-7/h2-5,13H,6,12H2,1H3. The van der Waals surface area contributed by atoms with Gasteiger partial charge < -0.3 is 15.6 Å². The third kappa shape index (κ3) is 2.14. The molecule has 0 aromatic heterocycles. The lowest BCUT2D eigenvalue weighted by Gasteiger charge is -2.24. The molecular weight excluding hydrogens is 201 g/mol. The largest absolute Gasteiger partial charge is 0.467 e. The molecule has 1 rings (SSSR count). The molecule has 82 valence electrons. The normalized spacial score (nSPS) is 14.4. The van der Waals surface area contributed by atoms with Crippen LogP contribution < -0.4 is 5.73 Å². The highest BCUT2D eigenvalue weighted by Crippen LogP contribution is 2.19. The SMILES string of the molecule is COC(=O)C(N)(CO)c1ccc(F)cc1. The summed E-state index contributed by atoms with van der Waals surface area (Å²) >= 11 is 0. The van der Waals surface area contributed by atoms with Gasteiger partial charge in [0.1, 0.15) is 5.82 Å². The molecule has 0 fully saturated rings. The van der Waals surface area contributed by atoms with Crippen LogP contribution in [-0.2, 0) is 15.1 Å². The van der Waals surface area contributed by atoms with Gasteiger partial charge in [0.05, 0.1) is 13.7 Å². The first-order chi connectivity index (χ1) is 7.04. The van der Waals surface area contributed by atoms with Crippen LogP contribution in [0.3, 0.4) is 0 Å². The number of esters is 1. The first-order valence-electron chi connectivity index (χ1n) is 4.29. The third-order valence-electron chi connectivity index (χ3n) is 2.16. The van der Waals surface area contributed by atoms with Crippen LogP contribution in [0.15, 0.2) is 24.3 Å². The van der Waals surface area contributed by atoms with Crippen molar-refractivity contribution in [2.45, 2.75) is 5.54 Å². The fourth-order valence-electron chi connectivity index (χ4n) is 1.20. The number of aliphatic hydroxyl groups excluding tert-OH is 1. The summed E-state index contributed by atoms with van der Waals surface area (Å²) in [5.41, 5.74) is 4.34. The number of carbonyl (C=O) groups excluding carboxylic acids is 1. The van der Waals surface area contributed by atoms with E-state index < -0.39 is 23.9 Å². The second kappa shape index (κ2) is 4.37. The van der Waals surface area contributed by atoms with Gasteiger partial charge in [-0.1, -0.05) is 12.1 Å². The van der Waals surface area contributed by atoms with Crippen LogP contribution in [0.1, 0.15) is 5.56 Å². The Balaban J connectivity index is 3.11. The number of nitrogens with two attached hydrogens (primary N) is 1. The molecule has 1 atom stereocenters. The summed E-state index contributed by atoms with van der Waals surface area (Å²) in [5.74, 6) is -1.21. The molecule has 0 aliphatic heterocycles. The van der Waals surface area contributed by atoms with Gasteiger partial charge >= 0.3 is 5.97 Å². The fourth-order valence-corrected chi connectivity index (χ4v) is 1.20. The molecule has 1 aromatic carbocycles. The second-order valence-corrected chi connectivity index (χ2v) is 3.13. The molecule has 0 heterocycles. The topological polar surface area (TPSA) is 72.5 Å². The molecule has 4 nitrogen and oxygen atoms in total. The van der Waals surface area contributed by atoms with Gasteiger partial charge in [0.15, 0.2) is 5.54 Å². The number of ether oxygens (including phenoxy) is 1. The average Bonchev–Trinajstić information content (AvgIpc) is 2.27. The highest BCUT2D eigenvalue weighted by Gasteiger charge is 2.36. The maximum absolute atomic E-state index is 12.6. The molecule has 0 saturated heterocycles. The van der Waals surface area contributed by atoms with Gasteiger partial charge in [-0.15, -0.1) is 0 Å². The molecule has 5 heteroatoms. The maximum atomic E-state index is 12.6. The van der Waals surface area contributed by atoms with E-state index in [1.165, 1.54) is 19.2 Å². The van der Waals surface area contributed by atoms with Gasteiger partial charge in [-0.05, 0) is 17.7 Å². The molecule has 0 aliphatic rings. The predicted octanol–water partition coefficient (Wildman–Crippen LogP) is 0.145. The number of carbonyl (C=O) groups is 1. The van der Waals surface area contributed by atoms with E-state index in [1.807, 2.05) is 0 Å². The van der Waals surface area contributed by atoms with Crippen molar-refractivity contribution in [1.82, 2.24) is 0 Å². The van der Waals surface area contributed by atoms with Crippen molar-refractivity contribution in [3.63, 3.8) is 0 Å². The number of benzene rings is 1. The molecular formula is C10H12FNO3. The van der Waals surface area contributed by atoms with Gasteiger partial charge in [0.2, 0.25) is 0 Å². The molecule has 1 aromatic rings. The van der Waals surface area contributed by atoms with Crippen molar-refractivity contribution in [3.05, 3.63) is 35.6 Å². The fraction of sp³-hybridized carbons (Fsp3) is 0.300. The maximum Gasteiger partial charge on any atom is 0.332 e. The van der Waals surface area contributed by atoms with Crippen LogP contribution in [0, 0.1) is 5.82 Å². The van der Waals surface area contributed by atoms with Crippen LogP contribution in [-0.4, -0.2) is 24.8 Å². The molecule has 15 heavy (non-hydrogen) atoms. The molecule has 0 amide bonds. The van der Waals surface area contributed by atoms with Crippen molar-refractivity contribution in [3.8, 4) is 0 Å². The minimum atomic E-state index is -1.64. The minimum absolute atomic E-state index is 0.304. The van der Waals surface area contributed by atoms with Crippen molar-refractivity contribution >= 4 is 5.97 Å². The van der Waals surface area contributed by atoms with E-state index in [1.54, 1.807) is 0 Å².